The fourth-order valence-electron chi connectivity index (χ4n) is 3.80. The number of ether oxygens (including phenoxy) is 3. The van der Waals surface area contributed by atoms with Crippen LogP contribution >= 0.6 is 0 Å². The van der Waals surface area contributed by atoms with E-state index in [1.165, 1.54) is 11.1 Å². The number of rotatable bonds is 10. The Kier molecular flexibility index (Phi) is 8.40. The van der Waals surface area contributed by atoms with Gasteiger partial charge in [0.05, 0.1) is 14.2 Å². The third-order valence-corrected chi connectivity index (χ3v) is 5.85. The average Bonchev–Trinajstić information content (AvgIpc) is 2.78. The topological polar surface area (TPSA) is 34.2 Å². The van der Waals surface area contributed by atoms with Crippen LogP contribution in [0, 0.1) is 0 Å². The van der Waals surface area contributed by atoms with E-state index in [1.807, 2.05) is 6.07 Å². The summed E-state index contributed by atoms with van der Waals surface area (Å²) in [6.07, 6.45) is 1.02. The number of methoxy groups -OCH3 is 2. The minimum Gasteiger partial charge on any atom is -0.493 e. The zero-order valence-corrected chi connectivity index (χ0v) is 18.9. The average molecular weight is 413 g/mol. The largest absolute Gasteiger partial charge is 0.493 e. The molecule has 1 aliphatic heterocycles. The van der Waals surface area contributed by atoms with E-state index in [9.17, 15) is 0 Å². The third-order valence-electron chi connectivity index (χ3n) is 5.85. The highest BCUT2D eigenvalue weighted by molar-refractivity contribution is 5.43. The fourth-order valence-corrected chi connectivity index (χ4v) is 3.80. The molecule has 0 atom stereocenters. The smallest absolute Gasteiger partial charge is 0.160 e. The Morgan fingerprint density at radius 1 is 0.800 bits per heavy atom. The summed E-state index contributed by atoms with van der Waals surface area (Å²) in [7, 11) is 3.36. The molecule has 2 aromatic rings. The van der Waals surface area contributed by atoms with Gasteiger partial charge in [-0.05, 0) is 47.7 Å². The zero-order valence-electron chi connectivity index (χ0n) is 18.9. The maximum Gasteiger partial charge on any atom is 0.160 e. The molecule has 0 amide bonds. The molecular weight excluding hydrogens is 376 g/mol. The lowest BCUT2D eigenvalue weighted by Gasteiger charge is -2.34. The van der Waals surface area contributed by atoms with Crippen LogP contribution in [0.2, 0.25) is 0 Å². The maximum absolute atomic E-state index is 5.94. The lowest BCUT2D eigenvalue weighted by molar-refractivity contribution is 0.118. The van der Waals surface area contributed by atoms with Crippen molar-refractivity contribution < 1.29 is 14.2 Å². The summed E-state index contributed by atoms with van der Waals surface area (Å²) in [5.41, 5.74) is 2.64. The number of benzene rings is 2. The van der Waals surface area contributed by atoms with E-state index >= 15 is 0 Å². The number of hydrogen-bond donors (Lipinski definition) is 0. The van der Waals surface area contributed by atoms with Crippen LogP contribution in [0.4, 0.5) is 0 Å². The molecule has 0 unspecified atom stereocenters. The number of piperazine rings is 1. The maximum atomic E-state index is 5.94. The van der Waals surface area contributed by atoms with Crippen LogP contribution in [-0.2, 0) is 6.42 Å². The molecule has 5 heteroatoms. The lowest BCUT2D eigenvalue weighted by Crippen LogP contribution is -2.47. The summed E-state index contributed by atoms with van der Waals surface area (Å²) in [4.78, 5) is 5.04. The molecule has 5 nitrogen and oxygen atoms in total. The molecule has 0 spiro atoms. The van der Waals surface area contributed by atoms with Gasteiger partial charge in [-0.25, -0.2) is 0 Å². The molecule has 1 aliphatic rings. The van der Waals surface area contributed by atoms with Crippen LogP contribution in [-0.4, -0.2) is 69.9 Å². The fraction of sp³-hybridized carbons (Fsp3) is 0.520. The molecule has 0 N–H and O–H groups in total. The van der Waals surface area contributed by atoms with E-state index in [2.05, 4.69) is 60.0 Å². The molecule has 1 fully saturated rings. The summed E-state index contributed by atoms with van der Waals surface area (Å²) < 4.78 is 16.7. The van der Waals surface area contributed by atoms with Crippen molar-refractivity contribution in [1.82, 2.24) is 9.80 Å². The first-order valence-corrected chi connectivity index (χ1v) is 11.0. The van der Waals surface area contributed by atoms with Crippen molar-refractivity contribution in [1.29, 1.82) is 0 Å². The van der Waals surface area contributed by atoms with E-state index in [0.29, 0.717) is 5.92 Å². The zero-order chi connectivity index (χ0) is 21.3. The molecule has 3 rings (SSSR count). The van der Waals surface area contributed by atoms with Crippen LogP contribution in [0.25, 0.3) is 0 Å². The highest BCUT2D eigenvalue weighted by atomic mass is 16.5. The summed E-state index contributed by atoms with van der Waals surface area (Å²) in [6.45, 7) is 11.6. The normalized spacial score (nSPS) is 15.4. The third kappa shape index (κ3) is 6.38. The second kappa shape index (κ2) is 11.2. The van der Waals surface area contributed by atoms with Crippen LogP contribution in [0.5, 0.6) is 17.2 Å². The first-order valence-electron chi connectivity index (χ1n) is 11.0. The van der Waals surface area contributed by atoms with Gasteiger partial charge in [-0.2, -0.15) is 0 Å². The van der Waals surface area contributed by atoms with Crippen molar-refractivity contribution in [2.75, 3.05) is 60.1 Å². The molecule has 1 heterocycles. The Balaban J connectivity index is 1.35. The van der Waals surface area contributed by atoms with Gasteiger partial charge < -0.3 is 19.1 Å². The Labute approximate surface area is 181 Å². The van der Waals surface area contributed by atoms with Gasteiger partial charge in [0.1, 0.15) is 12.4 Å². The van der Waals surface area contributed by atoms with Crippen molar-refractivity contribution in [2.24, 2.45) is 0 Å². The quantitative estimate of drug-likeness (QED) is 0.588. The second-order valence-electron chi connectivity index (χ2n) is 8.19. The molecule has 0 radical (unpaired) electrons. The van der Waals surface area contributed by atoms with Crippen molar-refractivity contribution in [3.8, 4) is 17.2 Å². The summed E-state index contributed by atoms with van der Waals surface area (Å²) in [6, 6.07) is 14.7. The molecule has 30 heavy (non-hydrogen) atoms. The van der Waals surface area contributed by atoms with Gasteiger partial charge >= 0.3 is 0 Å². The Bertz CT molecular complexity index is 768. The number of nitrogens with zero attached hydrogens (tertiary/aromatic N) is 2. The second-order valence-corrected chi connectivity index (χ2v) is 8.19. The monoisotopic (exact) mass is 412 g/mol. The van der Waals surface area contributed by atoms with E-state index in [1.54, 1.807) is 14.2 Å². The van der Waals surface area contributed by atoms with E-state index in [-0.39, 0.29) is 0 Å². The first kappa shape index (κ1) is 22.4. The van der Waals surface area contributed by atoms with E-state index in [0.717, 1.165) is 69.5 Å². The van der Waals surface area contributed by atoms with Crippen LogP contribution in [0.1, 0.15) is 30.9 Å². The molecule has 2 aromatic carbocycles. The molecule has 0 aromatic heterocycles. The van der Waals surface area contributed by atoms with Gasteiger partial charge in [-0.15, -0.1) is 0 Å². The van der Waals surface area contributed by atoms with Crippen molar-refractivity contribution in [3.05, 3.63) is 53.6 Å². The molecule has 0 aliphatic carbocycles. The lowest BCUT2D eigenvalue weighted by atomic mass is 10.0. The van der Waals surface area contributed by atoms with Crippen LogP contribution in [0.15, 0.2) is 42.5 Å². The van der Waals surface area contributed by atoms with Crippen molar-refractivity contribution >= 4 is 0 Å². The van der Waals surface area contributed by atoms with Gasteiger partial charge in [0.2, 0.25) is 0 Å². The number of hydrogen-bond acceptors (Lipinski definition) is 5. The summed E-state index contributed by atoms with van der Waals surface area (Å²) in [5.74, 6) is 3.11. The molecule has 0 bridgehead atoms. The highest BCUT2D eigenvalue weighted by Crippen LogP contribution is 2.27. The molecule has 1 saturated heterocycles. The van der Waals surface area contributed by atoms with E-state index in [4.69, 9.17) is 14.2 Å². The molecule has 0 saturated carbocycles. The van der Waals surface area contributed by atoms with Gasteiger partial charge in [0.25, 0.3) is 0 Å². The predicted octanol–water partition coefficient (Wildman–Crippen LogP) is 4.07. The SMILES string of the molecule is COc1ccc(CCN2CCN(CCOc3ccc(C(C)C)cc3)CC2)cc1OC. The van der Waals surface area contributed by atoms with Crippen molar-refractivity contribution in [2.45, 2.75) is 26.2 Å². The van der Waals surface area contributed by atoms with Crippen molar-refractivity contribution in [3.63, 3.8) is 0 Å². The van der Waals surface area contributed by atoms with Gasteiger partial charge in [0, 0.05) is 39.3 Å². The predicted molar refractivity (Wildman–Crippen MR) is 122 cm³/mol. The Morgan fingerprint density at radius 3 is 2.03 bits per heavy atom. The summed E-state index contributed by atoms with van der Waals surface area (Å²) in [5, 5.41) is 0. The van der Waals surface area contributed by atoms with E-state index < -0.39 is 0 Å². The highest BCUT2D eigenvalue weighted by Gasteiger charge is 2.16. The standard InChI is InChI=1S/C25H36N2O3/c1-20(2)22-6-8-23(9-7-22)30-18-17-27-15-13-26(14-16-27)12-11-21-5-10-24(28-3)25(19-21)29-4/h5-10,19-20H,11-18H2,1-4H3. The Morgan fingerprint density at radius 2 is 1.43 bits per heavy atom. The minimum absolute atomic E-state index is 0.557. The molecular formula is C25H36N2O3. The van der Waals surface area contributed by atoms with Gasteiger partial charge in [-0.3, -0.25) is 4.90 Å². The molecule has 164 valence electrons. The minimum atomic E-state index is 0.557. The van der Waals surface area contributed by atoms with Gasteiger partial charge in [-0.1, -0.05) is 32.0 Å². The van der Waals surface area contributed by atoms with Gasteiger partial charge in [0.15, 0.2) is 11.5 Å². The van der Waals surface area contributed by atoms with Crippen LogP contribution in [0.3, 0.4) is 0 Å². The Hall–Kier alpha value is -2.24. The first-order chi connectivity index (χ1) is 14.6. The summed E-state index contributed by atoms with van der Waals surface area (Å²) >= 11 is 0. The van der Waals surface area contributed by atoms with Crippen LogP contribution < -0.4 is 14.2 Å².